The maximum Gasteiger partial charge on any atom is 0.306 e. The largest absolute Gasteiger partial charge is 0.481 e. The van der Waals surface area contributed by atoms with Gasteiger partial charge in [-0.15, -0.1) is 0 Å². The molecule has 1 aliphatic heterocycles. The first kappa shape index (κ1) is 18.4. The van der Waals surface area contributed by atoms with E-state index < -0.39 is 22.8 Å². The van der Waals surface area contributed by atoms with Crippen molar-refractivity contribution in [2.24, 2.45) is 11.3 Å². The monoisotopic (exact) mass is 350 g/mol. The lowest BCUT2D eigenvalue weighted by Gasteiger charge is -2.60. The van der Waals surface area contributed by atoms with Gasteiger partial charge in [0.2, 0.25) is 0 Å². The van der Waals surface area contributed by atoms with Crippen LogP contribution in [-0.2, 0) is 19.1 Å². The van der Waals surface area contributed by atoms with Crippen LogP contribution in [0, 0.1) is 11.3 Å². The van der Waals surface area contributed by atoms with Gasteiger partial charge in [0.25, 0.3) is 6.47 Å². The van der Waals surface area contributed by atoms with Gasteiger partial charge in [0, 0.05) is 11.3 Å². The Kier molecular flexibility index (Phi) is 4.30. The maximum atomic E-state index is 11.3. The quantitative estimate of drug-likeness (QED) is 0.616. The van der Waals surface area contributed by atoms with E-state index in [0.717, 1.165) is 38.5 Å². The molecule has 25 heavy (non-hydrogen) atoms. The summed E-state index contributed by atoms with van der Waals surface area (Å²) in [6.45, 7) is 8.90. The molecule has 5 heteroatoms. The number of hydrogen-bond acceptors (Lipinski definition) is 4. The Morgan fingerprint density at radius 1 is 1.32 bits per heavy atom. The number of aliphatic carboxylic acids is 1. The van der Waals surface area contributed by atoms with E-state index in [1.54, 1.807) is 0 Å². The number of carboxylic acid groups (broad SMARTS) is 1. The Labute approximate surface area is 149 Å². The Morgan fingerprint density at radius 2 is 2.04 bits per heavy atom. The highest BCUT2D eigenvalue weighted by molar-refractivity contribution is 5.68. The molecule has 5 atom stereocenters. The van der Waals surface area contributed by atoms with Crippen LogP contribution in [0.3, 0.4) is 0 Å². The maximum absolute atomic E-state index is 11.3. The minimum Gasteiger partial charge on any atom is -0.481 e. The Bertz CT molecular complexity index is 613. The van der Waals surface area contributed by atoms with E-state index in [9.17, 15) is 14.7 Å². The van der Waals surface area contributed by atoms with Crippen LogP contribution < -0.4 is 0 Å². The van der Waals surface area contributed by atoms with Gasteiger partial charge in [0.1, 0.15) is 5.60 Å². The van der Waals surface area contributed by atoms with Crippen LogP contribution in [0.1, 0.15) is 72.6 Å². The van der Waals surface area contributed by atoms with E-state index in [1.165, 1.54) is 5.57 Å². The lowest BCUT2D eigenvalue weighted by molar-refractivity contribution is -0.216. The fourth-order valence-corrected chi connectivity index (χ4v) is 6.07. The summed E-state index contributed by atoms with van der Waals surface area (Å²) in [5.74, 6) is -0.647. The van der Waals surface area contributed by atoms with Gasteiger partial charge in [0.15, 0.2) is 0 Å². The van der Waals surface area contributed by atoms with Crippen molar-refractivity contribution < 1.29 is 24.2 Å². The van der Waals surface area contributed by atoms with Crippen molar-refractivity contribution in [3.63, 3.8) is 0 Å². The van der Waals surface area contributed by atoms with Gasteiger partial charge in [-0.05, 0) is 64.9 Å². The van der Waals surface area contributed by atoms with Crippen LogP contribution >= 0.6 is 0 Å². The summed E-state index contributed by atoms with van der Waals surface area (Å²) in [7, 11) is 0. The van der Waals surface area contributed by atoms with Gasteiger partial charge in [0.05, 0.1) is 17.6 Å². The van der Waals surface area contributed by atoms with Crippen LogP contribution in [0.25, 0.3) is 0 Å². The van der Waals surface area contributed by atoms with E-state index in [2.05, 4.69) is 19.9 Å². The van der Waals surface area contributed by atoms with Crippen molar-refractivity contribution in [3.8, 4) is 0 Å². The second-order valence-electron chi connectivity index (χ2n) is 8.92. The van der Waals surface area contributed by atoms with Crippen LogP contribution in [0.5, 0.6) is 0 Å². The molecule has 2 fully saturated rings. The summed E-state index contributed by atoms with van der Waals surface area (Å²) in [5.41, 5.74) is -0.568. The molecule has 1 N–H and O–H groups in total. The molecule has 0 amide bonds. The fourth-order valence-electron chi connectivity index (χ4n) is 6.07. The molecule has 2 aliphatic carbocycles. The number of carbonyl (C=O) groups is 2. The topological polar surface area (TPSA) is 72.8 Å². The number of carboxylic acids is 1. The molecule has 1 spiro atoms. The Morgan fingerprint density at radius 3 is 2.68 bits per heavy atom. The predicted octanol–water partition coefficient (Wildman–Crippen LogP) is 3.86. The molecule has 0 aromatic heterocycles. The summed E-state index contributed by atoms with van der Waals surface area (Å²) >= 11 is 0. The van der Waals surface area contributed by atoms with E-state index in [0.29, 0.717) is 6.47 Å². The van der Waals surface area contributed by atoms with Gasteiger partial charge < -0.3 is 14.6 Å². The number of fused-ring (bicyclic) bond motifs is 2. The summed E-state index contributed by atoms with van der Waals surface area (Å²) in [5, 5.41) is 9.29. The Balaban J connectivity index is 2.02. The first-order valence-corrected chi connectivity index (χ1v) is 9.32. The van der Waals surface area contributed by atoms with E-state index in [1.807, 2.05) is 13.8 Å². The van der Waals surface area contributed by atoms with Crippen LogP contribution in [0.4, 0.5) is 0 Å². The molecule has 5 nitrogen and oxygen atoms in total. The van der Waals surface area contributed by atoms with Crippen molar-refractivity contribution in [3.05, 3.63) is 11.6 Å². The van der Waals surface area contributed by atoms with Gasteiger partial charge >= 0.3 is 5.97 Å². The van der Waals surface area contributed by atoms with Crippen molar-refractivity contribution in [1.82, 2.24) is 0 Å². The predicted molar refractivity (Wildman–Crippen MR) is 93.1 cm³/mol. The van der Waals surface area contributed by atoms with Crippen LogP contribution in [0.15, 0.2) is 11.6 Å². The SMILES string of the molecule is CC1=CC[C@H]2[C@](C)(OC=O)CCC[C@]2(C)[C@@]12CC[C@@](C)(CC(=O)O)O2. The molecule has 0 aromatic carbocycles. The zero-order chi connectivity index (χ0) is 18.5. The molecule has 3 rings (SSSR count). The molecule has 140 valence electrons. The normalized spacial score (nSPS) is 46.4. The van der Waals surface area contributed by atoms with E-state index >= 15 is 0 Å². The van der Waals surface area contributed by atoms with Gasteiger partial charge in [-0.3, -0.25) is 9.59 Å². The molecule has 0 bridgehead atoms. The second kappa shape index (κ2) is 5.83. The number of allylic oxidation sites excluding steroid dienone is 1. The number of hydrogen-bond donors (Lipinski definition) is 1. The van der Waals surface area contributed by atoms with Crippen molar-refractivity contribution in [2.75, 3.05) is 0 Å². The molecule has 1 saturated heterocycles. The van der Waals surface area contributed by atoms with E-state index in [4.69, 9.17) is 9.47 Å². The number of rotatable bonds is 4. The molecular weight excluding hydrogens is 320 g/mol. The summed E-state index contributed by atoms with van der Waals surface area (Å²) in [4.78, 5) is 22.4. The second-order valence-corrected chi connectivity index (χ2v) is 8.92. The molecule has 1 heterocycles. The zero-order valence-corrected chi connectivity index (χ0v) is 15.8. The first-order valence-electron chi connectivity index (χ1n) is 9.32. The standard InChI is InChI=1S/C20H30O5/c1-14-6-7-15-18(3,8-5-9-19(15,4)24-13-21)20(14)11-10-17(2,25-20)12-16(22)23/h6,13,15H,5,7-12H2,1-4H3,(H,22,23)/t15-,17+,18+,19-,20-/m1/s1. The molecule has 0 radical (unpaired) electrons. The third-order valence-electron chi connectivity index (χ3n) is 7.36. The lowest BCUT2D eigenvalue weighted by Crippen LogP contribution is -2.62. The summed E-state index contributed by atoms with van der Waals surface area (Å²) in [6.07, 6.45) is 7.51. The highest BCUT2D eigenvalue weighted by Crippen LogP contribution is 2.65. The molecule has 1 saturated carbocycles. The lowest BCUT2D eigenvalue weighted by atomic mass is 9.49. The Hall–Kier alpha value is -1.36. The number of ether oxygens (including phenoxy) is 2. The highest BCUT2D eigenvalue weighted by atomic mass is 16.5. The average molecular weight is 350 g/mol. The fraction of sp³-hybridized carbons (Fsp3) is 0.800. The molecule has 0 unspecified atom stereocenters. The summed E-state index contributed by atoms with van der Waals surface area (Å²) < 4.78 is 12.3. The molecule has 3 aliphatic rings. The van der Waals surface area contributed by atoms with E-state index in [-0.39, 0.29) is 17.8 Å². The highest BCUT2D eigenvalue weighted by Gasteiger charge is 2.66. The van der Waals surface area contributed by atoms with Gasteiger partial charge in [-0.25, -0.2) is 0 Å². The van der Waals surface area contributed by atoms with Gasteiger partial charge in [-0.1, -0.05) is 13.0 Å². The first-order chi connectivity index (χ1) is 11.6. The molecular formula is C20H30O5. The van der Waals surface area contributed by atoms with Crippen LogP contribution in [-0.4, -0.2) is 34.4 Å². The number of carbonyl (C=O) groups excluding carboxylic acids is 1. The smallest absolute Gasteiger partial charge is 0.306 e. The van der Waals surface area contributed by atoms with Crippen LogP contribution in [0.2, 0.25) is 0 Å². The van der Waals surface area contributed by atoms with Crippen molar-refractivity contribution in [2.45, 2.75) is 89.4 Å². The summed E-state index contributed by atoms with van der Waals surface area (Å²) in [6, 6.07) is 0. The minimum atomic E-state index is -0.823. The van der Waals surface area contributed by atoms with Gasteiger partial charge in [-0.2, -0.15) is 0 Å². The average Bonchev–Trinajstić information content (AvgIpc) is 2.83. The minimum absolute atomic E-state index is 0.0187. The third kappa shape index (κ3) is 2.62. The van der Waals surface area contributed by atoms with Crippen molar-refractivity contribution >= 4 is 12.4 Å². The third-order valence-corrected chi connectivity index (χ3v) is 7.36. The van der Waals surface area contributed by atoms with Crippen molar-refractivity contribution in [1.29, 1.82) is 0 Å². The molecule has 0 aromatic rings. The zero-order valence-electron chi connectivity index (χ0n) is 15.8.